The number of aryl methyl sites for hydroxylation is 1. The highest BCUT2D eigenvalue weighted by atomic mass is 32.2. The second kappa shape index (κ2) is 6.60. The number of esters is 1. The van der Waals surface area contributed by atoms with Crippen LogP contribution in [0.25, 0.3) is 11.0 Å². The third-order valence-corrected chi connectivity index (χ3v) is 4.80. The minimum absolute atomic E-state index is 0.121. The van der Waals surface area contributed by atoms with Crippen LogP contribution in [0.4, 0.5) is 0 Å². The summed E-state index contributed by atoms with van der Waals surface area (Å²) in [6.45, 7) is 0. The summed E-state index contributed by atoms with van der Waals surface area (Å²) in [7, 11) is 4.28. The predicted octanol–water partition coefficient (Wildman–Crippen LogP) is 1.30. The molecule has 0 bridgehead atoms. The van der Waals surface area contributed by atoms with Crippen LogP contribution in [0, 0.1) is 0 Å². The molecule has 0 aliphatic heterocycles. The zero-order valence-electron chi connectivity index (χ0n) is 13.8. The Morgan fingerprint density at radius 2 is 2.00 bits per heavy atom. The average Bonchev–Trinajstić information content (AvgIpc) is 3.10. The molecule has 3 heterocycles. The van der Waals surface area contributed by atoms with Crippen molar-refractivity contribution in [1.82, 2.24) is 14.1 Å². The molecule has 0 aliphatic rings. The Balaban J connectivity index is 1.97. The summed E-state index contributed by atoms with van der Waals surface area (Å²) in [5.74, 6) is 0.546. The van der Waals surface area contributed by atoms with Gasteiger partial charge in [0.15, 0.2) is 0 Å². The molecule has 0 unspecified atom stereocenters. The van der Waals surface area contributed by atoms with Gasteiger partial charge < -0.3 is 9.15 Å². The standard InChI is InChI=1S/C16H15N3O5S/c1-18-13-12(14(20)19(2)16(18)22)11(6-7-17-13)25-8-9-4-5-10(24-9)15(21)23-3/h4-7H,8H2,1-3H3. The van der Waals surface area contributed by atoms with Crippen LogP contribution in [0.3, 0.4) is 0 Å². The van der Waals surface area contributed by atoms with Crippen molar-refractivity contribution in [3.05, 3.63) is 56.8 Å². The van der Waals surface area contributed by atoms with Crippen LogP contribution in [0.5, 0.6) is 0 Å². The maximum atomic E-state index is 12.5. The van der Waals surface area contributed by atoms with Gasteiger partial charge in [0.2, 0.25) is 5.76 Å². The summed E-state index contributed by atoms with van der Waals surface area (Å²) in [6.07, 6.45) is 1.55. The molecule has 0 radical (unpaired) electrons. The third kappa shape index (κ3) is 2.98. The number of fused-ring (bicyclic) bond motifs is 1. The van der Waals surface area contributed by atoms with E-state index in [9.17, 15) is 14.4 Å². The highest BCUT2D eigenvalue weighted by Crippen LogP contribution is 2.27. The van der Waals surface area contributed by atoms with Crippen LogP contribution in [-0.4, -0.2) is 27.2 Å². The van der Waals surface area contributed by atoms with Crippen LogP contribution in [0.1, 0.15) is 16.3 Å². The van der Waals surface area contributed by atoms with Gasteiger partial charge in [-0.2, -0.15) is 0 Å². The normalized spacial score (nSPS) is 11.0. The van der Waals surface area contributed by atoms with E-state index < -0.39 is 17.2 Å². The molecule has 9 heteroatoms. The summed E-state index contributed by atoms with van der Waals surface area (Å²) in [5, 5.41) is 0.372. The quantitative estimate of drug-likeness (QED) is 0.510. The van der Waals surface area contributed by atoms with Crippen LogP contribution in [0.15, 0.2) is 43.3 Å². The number of hydrogen-bond donors (Lipinski definition) is 0. The molecular weight excluding hydrogens is 346 g/mol. The van der Waals surface area contributed by atoms with Crippen LogP contribution >= 0.6 is 11.8 Å². The SMILES string of the molecule is COC(=O)c1ccc(CSc2ccnc3c2c(=O)n(C)c(=O)n3C)o1. The Kier molecular flexibility index (Phi) is 4.49. The van der Waals surface area contributed by atoms with Crippen molar-refractivity contribution in [2.45, 2.75) is 10.6 Å². The lowest BCUT2D eigenvalue weighted by molar-refractivity contribution is 0.0563. The Hall–Kier alpha value is -2.81. The second-order valence-electron chi connectivity index (χ2n) is 5.26. The molecule has 25 heavy (non-hydrogen) atoms. The Morgan fingerprint density at radius 1 is 1.24 bits per heavy atom. The lowest BCUT2D eigenvalue weighted by Crippen LogP contribution is -2.37. The first kappa shape index (κ1) is 17.0. The van der Waals surface area contributed by atoms with Crippen LogP contribution in [-0.2, 0) is 24.6 Å². The zero-order valence-corrected chi connectivity index (χ0v) is 14.6. The number of rotatable bonds is 4. The van der Waals surface area contributed by atoms with Gasteiger partial charge in [-0.25, -0.2) is 14.6 Å². The molecule has 0 atom stereocenters. The summed E-state index contributed by atoms with van der Waals surface area (Å²) < 4.78 is 12.4. The smallest absolute Gasteiger partial charge is 0.373 e. The van der Waals surface area contributed by atoms with Gasteiger partial charge in [-0.1, -0.05) is 0 Å². The maximum absolute atomic E-state index is 12.5. The molecule has 3 rings (SSSR count). The Labute approximate surface area is 146 Å². The molecule has 0 aliphatic carbocycles. The maximum Gasteiger partial charge on any atom is 0.373 e. The van der Waals surface area contributed by atoms with E-state index >= 15 is 0 Å². The van der Waals surface area contributed by atoms with E-state index in [4.69, 9.17) is 4.42 Å². The van der Waals surface area contributed by atoms with E-state index in [2.05, 4.69) is 9.72 Å². The number of thioether (sulfide) groups is 1. The minimum atomic E-state index is -0.547. The highest BCUT2D eigenvalue weighted by Gasteiger charge is 2.15. The zero-order chi connectivity index (χ0) is 18.1. The van der Waals surface area contributed by atoms with Gasteiger partial charge in [0.25, 0.3) is 5.56 Å². The largest absolute Gasteiger partial charge is 0.463 e. The van der Waals surface area contributed by atoms with Crippen molar-refractivity contribution in [2.75, 3.05) is 7.11 Å². The van der Waals surface area contributed by atoms with E-state index in [1.165, 1.54) is 36.6 Å². The van der Waals surface area contributed by atoms with Gasteiger partial charge in [-0.05, 0) is 18.2 Å². The van der Waals surface area contributed by atoms with Crippen LogP contribution < -0.4 is 11.2 Å². The number of furan rings is 1. The van der Waals surface area contributed by atoms with Crippen molar-refractivity contribution < 1.29 is 13.9 Å². The first-order valence-electron chi connectivity index (χ1n) is 7.28. The molecule has 130 valence electrons. The second-order valence-corrected chi connectivity index (χ2v) is 6.28. The summed E-state index contributed by atoms with van der Waals surface area (Å²) >= 11 is 1.36. The number of hydrogen-bond acceptors (Lipinski definition) is 7. The van der Waals surface area contributed by atoms with Gasteiger partial charge in [-0.3, -0.25) is 13.9 Å². The number of nitrogens with zero attached hydrogens (tertiary/aromatic N) is 3. The van der Waals surface area contributed by atoms with E-state index in [-0.39, 0.29) is 5.76 Å². The molecule has 0 N–H and O–H groups in total. The first-order chi connectivity index (χ1) is 11.9. The fourth-order valence-corrected chi connectivity index (χ4v) is 3.33. The number of pyridine rings is 1. The molecule has 0 saturated carbocycles. The van der Waals surface area contributed by atoms with E-state index in [1.807, 2.05) is 0 Å². The van der Waals surface area contributed by atoms with Gasteiger partial charge in [0, 0.05) is 25.2 Å². The number of ether oxygens (including phenoxy) is 1. The number of methoxy groups -OCH3 is 1. The summed E-state index contributed by atoms with van der Waals surface area (Å²) in [6, 6.07) is 4.93. The molecule has 0 amide bonds. The molecule has 0 aromatic carbocycles. The lowest BCUT2D eigenvalue weighted by atomic mass is 10.3. The van der Waals surface area contributed by atoms with Gasteiger partial charge in [0.05, 0.1) is 18.2 Å². The predicted molar refractivity (Wildman–Crippen MR) is 91.8 cm³/mol. The van der Waals surface area contributed by atoms with E-state index in [0.29, 0.717) is 27.4 Å². The molecular formula is C16H15N3O5S. The van der Waals surface area contributed by atoms with Gasteiger partial charge in [0.1, 0.15) is 11.4 Å². The Morgan fingerprint density at radius 3 is 2.72 bits per heavy atom. The molecule has 0 fully saturated rings. The van der Waals surface area contributed by atoms with Crippen molar-refractivity contribution in [2.24, 2.45) is 14.1 Å². The molecule has 3 aromatic heterocycles. The lowest BCUT2D eigenvalue weighted by Gasteiger charge is -2.09. The average molecular weight is 361 g/mol. The fraction of sp³-hybridized carbons (Fsp3) is 0.250. The van der Waals surface area contributed by atoms with Crippen LogP contribution in [0.2, 0.25) is 0 Å². The third-order valence-electron chi connectivity index (χ3n) is 3.72. The summed E-state index contributed by atoms with van der Waals surface area (Å²) in [5.41, 5.74) is -0.503. The number of carbonyl (C=O) groups excluding carboxylic acids is 1. The van der Waals surface area contributed by atoms with Crippen molar-refractivity contribution in [3.63, 3.8) is 0 Å². The molecule has 0 saturated heterocycles. The van der Waals surface area contributed by atoms with Crippen molar-refractivity contribution >= 4 is 28.8 Å². The van der Waals surface area contributed by atoms with Gasteiger partial charge in [-0.15, -0.1) is 11.8 Å². The number of carbonyl (C=O) groups is 1. The minimum Gasteiger partial charge on any atom is -0.463 e. The monoisotopic (exact) mass is 361 g/mol. The summed E-state index contributed by atoms with van der Waals surface area (Å²) in [4.78, 5) is 40.7. The van der Waals surface area contributed by atoms with Crippen molar-refractivity contribution in [1.29, 1.82) is 0 Å². The van der Waals surface area contributed by atoms with E-state index in [1.54, 1.807) is 25.4 Å². The van der Waals surface area contributed by atoms with E-state index in [0.717, 1.165) is 4.57 Å². The number of aromatic nitrogens is 3. The fourth-order valence-electron chi connectivity index (χ4n) is 2.39. The topological polar surface area (TPSA) is 96.3 Å². The molecule has 3 aromatic rings. The van der Waals surface area contributed by atoms with Gasteiger partial charge >= 0.3 is 11.7 Å². The molecule has 8 nitrogen and oxygen atoms in total. The highest BCUT2D eigenvalue weighted by molar-refractivity contribution is 7.98. The Bertz CT molecular complexity index is 1080. The molecule has 0 spiro atoms. The first-order valence-corrected chi connectivity index (χ1v) is 8.27. The van der Waals surface area contributed by atoms with Crippen molar-refractivity contribution in [3.8, 4) is 0 Å².